The second kappa shape index (κ2) is 9.72. The average Bonchev–Trinajstić information content (AvgIpc) is 2.49. The van der Waals surface area contributed by atoms with Crippen molar-refractivity contribution in [3.05, 3.63) is 51.0 Å². The predicted octanol–water partition coefficient (Wildman–Crippen LogP) is 6.04. The Hall–Kier alpha value is -0.160. The Morgan fingerprint density at radius 1 is 1.25 bits per heavy atom. The van der Waals surface area contributed by atoms with E-state index in [0.717, 1.165) is 0 Å². The van der Waals surface area contributed by atoms with Gasteiger partial charge in [0.1, 0.15) is 0 Å². The molecule has 0 radical (unpaired) electrons. The number of rotatable bonds is 7. The molecule has 0 saturated carbocycles. The van der Waals surface area contributed by atoms with Gasteiger partial charge in [-0.25, -0.2) is 0 Å². The van der Waals surface area contributed by atoms with Crippen LogP contribution in [-0.2, 0) is 0 Å². The van der Waals surface area contributed by atoms with E-state index in [1.165, 1.54) is 47.9 Å². The molecular weight excluding hydrogens is 376 g/mol. The average molecular weight is 400 g/mol. The Bertz CT molecular complexity index is 448. The topological polar surface area (TPSA) is 0 Å². The van der Waals surface area contributed by atoms with Crippen molar-refractivity contribution in [2.45, 2.75) is 54.8 Å². The Morgan fingerprint density at radius 3 is 2.80 bits per heavy atom. The SMILES string of the molecule is CCCC[Te]/C(=C\C1=CCCCC1)Sc1ccccc1. The molecule has 1 aliphatic carbocycles. The standard InChI is InChI=1S/C18H24STe/c1-2-3-14-20-18(15-16-10-6-4-7-11-16)19-17-12-8-5-9-13-17/h5,8-10,12-13,15H,2-4,6-7,11,14H2,1H3/b18-15-. The summed E-state index contributed by atoms with van der Waals surface area (Å²) in [4.78, 5) is 1.40. The molecule has 0 saturated heterocycles. The molecule has 0 N–H and O–H groups in total. The predicted molar refractivity (Wildman–Crippen MR) is 92.4 cm³/mol. The van der Waals surface area contributed by atoms with Crippen molar-refractivity contribution in [2.75, 3.05) is 0 Å². The van der Waals surface area contributed by atoms with Crippen LogP contribution in [-0.4, -0.2) is 20.9 Å². The third-order valence-corrected chi connectivity index (χ3v) is 8.22. The number of thioether (sulfide) groups is 1. The fraction of sp³-hybridized carbons (Fsp3) is 0.444. The molecule has 0 aromatic heterocycles. The van der Waals surface area contributed by atoms with E-state index in [-0.39, 0.29) is 20.9 Å². The summed E-state index contributed by atoms with van der Waals surface area (Å²) in [5, 5.41) is 0. The summed E-state index contributed by atoms with van der Waals surface area (Å²) in [5.41, 5.74) is 1.59. The third kappa shape index (κ3) is 6.08. The summed E-state index contributed by atoms with van der Waals surface area (Å²) in [6, 6.07) is 10.9. The van der Waals surface area contributed by atoms with Crippen LogP contribution >= 0.6 is 11.8 Å². The first-order valence-corrected chi connectivity index (χ1v) is 11.3. The summed E-state index contributed by atoms with van der Waals surface area (Å²) < 4.78 is 3.11. The van der Waals surface area contributed by atoms with E-state index in [2.05, 4.69) is 49.4 Å². The van der Waals surface area contributed by atoms with Gasteiger partial charge in [0.05, 0.1) is 0 Å². The van der Waals surface area contributed by atoms with Crippen molar-refractivity contribution in [1.29, 1.82) is 0 Å². The van der Waals surface area contributed by atoms with E-state index in [1.54, 1.807) is 8.53 Å². The van der Waals surface area contributed by atoms with Crippen LogP contribution in [0, 0.1) is 0 Å². The van der Waals surface area contributed by atoms with Gasteiger partial charge in [-0.05, 0) is 0 Å². The Labute approximate surface area is 138 Å². The molecular formula is C18H24STe. The van der Waals surface area contributed by atoms with Gasteiger partial charge in [-0.3, -0.25) is 0 Å². The molecule has 0 atom stereocenters. The molecule has 0 amide bonds. The second-order valence-corrected chi connectivity index (χ2v) is 10.3. The monoisotopic (exact) mass is 402 g/mol. The summed E-state index contributed by atoms with van der Waals surface area (Å²) in [5.74, 6) is 0. The van der Waals surface area contributed by atoms with Gasteiger partial charge in [0, 0.05) is 0 Å². The zero-order valence-corrected chi connectivity index (χ0v) is 15.5. The van der Waals surface area contributed by atoms with Gasteiger partial charge in [0.25, 0.3) is 0 Å². The molecule has 0 bridgehead atoms. The molecule has 0 aliphatic heterocycles. The van der Waals surface area contributed by atoms with Crippen molar-refractivity contribution < 1.29 is 0 Å². The molecule has 108 valence electrons. The normalized spacial score (nSPS) is 16.1. The molecule has 2 rings (SSSR count). The Kier molecular flexibility index (Phi) is 7.88. The van der Waals surface area contributed by atoms with Gasteiger partial charge in [0.2, 0.25) is 0 Å². The first kappa shape index (κ1) is 16.2. The van der Waals surface area contributed by atoms with Crippen molar-refractivity contribution in [3.63, 3.8) is 0 Å². The third-order valence-electron chi connectivity index (χ3n) is 3.33. The molecule has 1 aliphatic rings. The van der Waals surface area contributed by atoms with Gasteiger partial charge >= 0.3 is 139 Å². The van der Waals surface area contributed by atoms with Gasteiger partial charge in [-0.1, -0.05) is 0 Å². The van der Waals surface area contributed by atoms with Crippen molar-refractivity contribution in [2.24, 2.45) is 0 Å². The molecule has 0 nitrogen and oxygen atoms in total. The number of hydrogen-bond acceptors (Lipinski definition) is 1. The summed E-state index contributed by atoms with van der Waals surface area (Å²) in [6.07, 6.45) is 13.0. The Balaban J connectivity index is 2.03. The zero-order valence-electron chi connectivity index (χ0n) is 12.3. The molecule has 20 heavy (non-hydrogen) atoms. The van der Waals surface area contributed by atoms with Gasteiger partial charge in [-0.2, -0.15) is 0 Å². The fourth-order valence-electron chi connectivity index (χ4n) is 2.17. The van der Waals surface area contributed by atoms with Crippen LogP contribution in [0.2, 0.25) is 4.47 Å². The first-order chi connectivity index (χ1) is 9.88. The van der Waals surface area contributed by atoms with Crippen LogP contribution in [0.5, 0.6) is 0 Å². The number of hydrogen-bond donors (Lipinski definition) is 0. The van der Waals surface area contributed by atoms with E-state index in [0.29, 0.717) is 0 Å². The molecule has 0 spiro atoms. The maximum atomic E-state index is 2.52. The van der Waals surface area contributed by atoms with Gasteiger partial charge in [-0.15, -0.1) is 0 Å². The van der Waals surface area contributed by atoms with Gasteiger partial charge in [0.15, 0.2) is 0 Å². The van der Waals surface area contributed by atoms with Crippen LogP contribution in [0.4, 0.5) is 0 Å². The zero-order chi connectivity index (χ0) is 14.0. The van der Waals surface area contributed by atoms with E-state index < -0.39 is 0 Å². The molecule has 0 fully saturated rings. The van der Waals surface area contributed by atoms with Gasteiger partial charge < -0.3 is 0 Å². The summed E-state index contributed by atoms with van der Waals surface area (Å²) in [6.45, 7) is 2.30. The quantitative estimate of drug-likeness (QED) is 0.306. The van der Waals surface area contributed by atoms with Crippen molar-refractivity contribution in [1.82, 2.24) is 0 Å². The van der Waals surface area contributed by atoms with Crippen LogP contribution in [0.15, 0.2) is 55.9 Å². The van der Waals surface area contributed by atoms with E-state index in [4.69, 9.17) is 0 Å². The van der Waals surface area contributed by atoms with Crippen LogP contribution in [0.1, 0.15) is 45.4 Å². The molecule has 1 aromatic rings. The van der Waals surface area contributed by atoms with E-state index in [9.17, 15) is 0 Å². The van der Waals surface area contributed by atoms with E-state index >= 15 is 0 Å². The van der Waals surface area contributed by atoms with E-state index in [1.807, 2.05) is 11.8 Å². The molecule has 0 heterocycles. The summed E-state index contributed by atoms with van der Waals surface area (Å²) >= 11 is 2.00. The first-order valence-electron chi connectivity index (χ1n) is 7.65. The summed E-state index contributed by atoms with van der Waals surface area (Å²) in [7, 11) is 0. The van der Waals surface area contributed by atoms with Crippen LogP contribution in [0.3, 0.4) is 0 Å². The van der Waals surface area contributed by atoms with Crippen LogP contribution < -0.4 is 0 Å². The number of unbranched alkanes of at least 4 members (excludes halogenated alkanes) is 1. The number of allylic oxidation sites excluding steroid dienone is 3. The second-order valence-electron chi connectivity index (χ2n) is 5.11. The minimum absolute atomic E-state index is 0.00691. The Morgan fingerprint density at radius 2 is 2.10 bits per heavy atom. The van der Waals surface area contributed by atoms with Crippen LogP contribution in [0.25, 0.3) is 0 Å². The molecule has 2 heteroatoms. The van der Waals surface area contributed by atoms with Crippen molar-refractivity contribution >= 4 is 32.7 Å². The fourth-order valence-corrected chi connectivity index (χ4v) is 7.33. The number of benzene rings is 1. The molecule has 0 unspecified atom stereocenters. The van der Waals surface area contributed by atoms with Crippen molar-refractivity contribution in [3.8, 4) is 0 Å². The maximum absolute atomic E-state index is 2.52. The molecule has 1 aromatic carbocycles. The minimum atomic E-state index is -0.00691.